The topological polar surface area (TPSA) is 41.6 Å². The molecular weight excluding hydrogens is 312 g/mol. The lowest BCUT2D eigenvalue weighted by Gasteiger charge is -2.47. The van der Waals surface area contributed by atoms with Crippen LogP contribution in [-0.4, -0.2) is 43.7 Å². The Morgan fingerprint density at radius 1 is 1.28 bits per heavy atom. The van der Waals surface area contributed by atoms with E-state index in [-0.39, 0.29) is 13.4 Å². The highest BCUT2D eigenvalue weighted by molar-refractivity contribution is 5.73. The van der Waals surface area contributed by atoms with E-state index in [4.69, 9.17) is 4.74 Å². The van der Waals surface area contributed by atoms with Crippen LogP contribution in [0, 0.1) is 5.92 Å². The predicted octanol–water partition coefficient (Wildman–Crippen LogP) is 3.27. The highest BCUT2D eigenvalue weighted by atomic mass is 16.5. The van der Waals surface area contributed by atoms with Crippen LogP contribution in [0.25, 0.3) is 0 Å². The monoisotopic (exact) mass is 344 g/mol. The molecule has 1 spiro atoms. The Morgan fingerprint density at radius 3 is 2.80 bits per heavy atom. The molecule has 25 heavy (non-hydrogen) atoms. The molecule has 4 nitrogen and oxygen atoms in total. The summed E-state index contributed by atoms with van der Waals surface area (Å²) >= 11 is 0. The molecule has 1 unspecified atom stereocenters. The van der Waals surface area contributed by atoms with Crippen LogP contribution in [0.3, 0.4) is 0 Å². The van der Waals surface area contributed by atoms with Crippen molar-refractivity contribution >= 4 is 5.91 Å². The van der Waals surface area contributed by atoms with Crippen molar-refractivity contribution < 1.29 is 11.0 Å². The Balaban J connectivity index is 0.00000196. The zero-order valence-corrected chi connectivity index (χ0v) is 15.3. The number of carbonyl (C=O) groups is 1. The van der Waals surface area contributed by atoms with Gasteiger partial charge in [0.05, 0.1) is 12.6 Å². The molecule has 1 aliphatic carbocycles. The summed E-state index contributed by atoms with van der Waals surface area (Å²) < 4.78 is 5.54. The van der Waals surface area contributed by atoms with Crippen molar-refractivity contribution in [1.29, 1.82) is 0 Å². The molecule has 1 amide bonds. The molecule has 0 bridgehead atoms. The van der Waals surface area contributed by atoms with Crippen molar-refractivity contribution in [3.8, 4) is 0 Å². The Hall–Kier alpha value is -1.39. The minimum absolute atomic E-state index is 0. The van der Waals surface area contributed by atoms with Gasteiger partial charge in [-0.05, 0) is 67.7 Å². The average molecular weight is 344 g/mol. The second-order valence-electron chi connectivity index (χ2n) is 8.19. The third-order valence-electron chi connectivity index (χ3n) is 6.55. The number of likely N-dealkylation sites (tertiary alicyclic amines) is 1. The van der Waals surface area contributed by atoms with E-state index in [1.165, 1.54) is 56.4 Å². The predicted molar refractivity (Wildman–Crippen MR) is 101 cm³/mol. The van der Waals surface area contributed by atoms with Crippen molar-refractivity contribution in [3.63, 3.8) is 0 Å². The highest BCUT2D eigenvalue weighted by Gasteiger charge is 2.42. The molecule has 0 saturated carbocycles. The third kappa shape index (κ3) is 3.47. The minimum Gasteiger partial charge on any atom is -0.381 e. The van der Waals surface area contributed by atoms with E-state index in [1.54, 1.807) is 6.92 Å². The molecule has 1 aromatic carbocycles. The first-order chi connectivity index (χ1) is 12.2. The fourth-order valence-corrected chi connectivity index (χ4v) is 5.17. The van der Waals surface area contributed by atoms with Gasteiger partial charge in [-0.1, -0.05) is 24.3 Å². The summed E-state index contributed by atoms with van der Waals surface area (Å²) in [7, 11) is 0. The summed E-state index contributed by atoms with van der Waals surface area (Å²) in [4.78, 5) is 14.2. The second-order valence-corrected chi connectivity index (χ2v) is 8.19. The lowest BCUT2D eigenvalue weighted by Crippen LogP contribution is -2.47. The summed E-state index contributed by atoms with van der Waals surface area (Å²) in [6, 6.07) is 9.00. The fraction of sp³-hybridized carbons (Fsp3) is 0.667. The summed E-state index contributed by atoms with van der Waals surface area (Å²) in [6.07, 6.45) is 5.96. The Labute approximate surface area is 152 Å². The fourth-order valence-electron chi connectivity index (χ4n) is 5.17. The average Bonchev–Trinajstić information content (AvgIpc) is 3.13. The molecule has 1 N–H and O–H groups in total. The third-order valence-corrected chi connectivity index (χ3v) is 6.55. The van der Waals surface area contributed by atoms with Gasteiger partial charge in [0, 0.05) is 21.5 Å². The molecule has 2 fully saturated rings. The number of carbonyl (C=O) groups excluding carboxylic acids is 1. The van der Waals surface area contributed by atoms with Gasteiger partial charge in [0.25, 0.3) is 0 Å². The first-order valence-corrected chi connectivity index (χ1v) is 9.83. The minimum atomic E-state index is 0. The molecule has 2 aliphatic heterocycles. The summed E-state index contributed by atoms with van der Waals surface area (Å²) in [5, 5.41) is 3.15. The van der Waals surface area contributed by atoms with Crippen molar-refractivity contribution in [2.24, 2.45) is 5.92 Å². The summed E-state index contributed by atoms with van der Waals surface area (Å²) in [6.45, 7) is 7.10. The first kappa shape index (κ1) is 17.0. The number of piperidine rings is 1. The van der Waals surface area contributed by atoms with Crippen molar-refractivity contribution in [2.45, 2.75) is 50.5 Å². The van der Waals surface area contributed by atoms with Gasteiger partial charge >= 0.3 is 0 Å². The zero-order valence-electron chi connectivity index (χ0n) is 15.3. The smallest absolute Gasteiger partial charge is 0.217 e. The largest absolute Gasteiger partial charge is 0.381 e. The van der Waals surface area contributed by atoms with Gasteiger partial charge in [-0.2, -0.15) is 0 Å². The van der Waals surface area contributed by atoms with Gasteiger partial charge in [-0.15, -0.1) is 0 Å². The summed E-state index contributed by atoms with van der Waals surface area (Å²) in [5.41, 5.74) is 3.15. The van der Waals surface area contributed by atoms with Crippen LogP contribution in [0.5, 0.6) is 0 Å². The maximum Gasteiger partial charge on any atom is 0.217 e. The van der Waals surface area contributed by atoms with Gasteiger partial charge in [-0.3, -0.25) is 4.79 Å². The van der Waals surface area contributed by atoms with Crippen molar-refractivity contribution in [2.75, 3.05) is 32.8 Å². The van der Waals surface area contributed by atoms with Crippen LogP contribution in [0.4, 0.5) is 0 Å². The highest BCUT2D eigenvalue weighted by Crippen LogP contribution is 2.48. The molecule has 2 heterocycles. The van der Waals surface area contributed by atoms with Crippen LogP contribution in [0.1, 0.15) is 57.6 Å². The number of hydrogen-bond acceptors (Lipinski definition) is 3. The molecule has 1 aromatic rings. The van der Waals surface area contributed by atoms with E-state index in [9.17, 15) is 4.79 Å². The number of nitrogens with one attached hydrogen (secondary N) is 1. The molecule has 4 rings (SSSR count). The zero-order chi connectivity index (χ0) is 17.3. The Morgan fingerprint density at radius 2 is 2.08 bits per heavy atom. The van der Waals surface area contributed by atoms with Crippen molar-refractivity contribution in [1.82, 2.24) is 10.2 Å². The number of fused-ring (bicyclic) bond motifs is 2. The lowest BCUT2D eigenvalue weighted by atomic mass is 9.63. The molecule has 2 saturated heterocycles. The molecule has 138 valence electrons. The molecule has 2 atom stereocenters. The maximum absolute atomic E-state index is 11.6. The van der Waals surface area contributed by atoms with E-state index in [2.05, 4.69) is 34.5 Å². The van der Waals surface area contributed by atoms with Crippen LogP contribution >= 0.6 is 0 Å². The van der Waals surface area contributed by atoms with Gasteiger partial charge in [0.2, 0.25) is 5.91 Å². The second kappa shape index (κ2) is 7.08. The van der Waals surface area contributed by atoms with Gasteiger partial charge in [0.1, 0.15) is 0 Å². The van der Waals surface area contributed by atoms with Gasteiger partial charge in [-0.25, -0.2) is 0 Å². The van der Waals surface area contributed by atoms with Gasteiger partial charge in [0.15, 0.2) is 0 Å². The van der Waals surface area contributed by atoms with Crippen molar-refractivity contribution in [3.05, 3.63) is 35.4 Å². The van der Waals surface area contributed by atoms with Crippen LogP contribution in [-0.2, 0) is 14.9 Å². The SMILES string of the molecule is CC(=O)N[C@H]1CCC2(CCN(CC3CCOC3)CC2)c2ccccc21.[HH]. The number of amides is 1. The van der Waals surface area contributed by atoms with Gasteiger partial charge < -0.3 is 15.0 Å². The van der Waals surface area contributed by atoms with Crippen LogP contribution in [0.15, 0.2) is 24.3 Å². The standard InChI is InChI=1S/C21H30N2O2.H2/c1-16(24)22-20-6-8-21(19-5-3-2-4-18(19)20)9-11-23(12-10-21)14-17-7-13-25-15-17;/h2-5,17,20H,6-15H2,1H3,(H,22,24);1H/t17?,20-;/m0./s1. The normalized spacial score (nSPS) is 28.7. The van der Waals surface area contributed by atoms with Crippen LogP contribution < -0.4 is 5.32 Å². The molecule has 3 aliphatic rings. The quantitative estimate of drug-likeness (QED) is 0.915. The Bertz CT molecular complexity index is 622. The van der Waals surface area contributed by atoms with E-state index >= 15 is 0 Å². The van der Waals surface area contributed by atoms with Crippen LogP contribution in [0.2, 0.25) is 0 Å². The number of hydrogen-bond donors (Lipinski definition) is 1. The molecular formula is C21H32N2O2. The van der Waals surface area contributed by atoms with E-state index in [0.29, 0.717) is 5.41 Å². The first-order valence-electron chi connectivity index (χ1n) is 9.83. The number of nitrogens with zero attached hydrogens (tertiary/aromatic N) is 1. The number of benzene rings is 1. The summed E-state index contributed by atoms with van der Waals surface area (Å²) in [5.74, 6) is 0.807. The maximum atomic E-state index is 11.6. The molecule has 0 aromatic heterocycles. The number of ether oxygens (including phenoxy) is 1. The molecule has 0 radical (unpaired) electrons. The molecule has 4 heteroatoms. The van der Waals surface area contributed by atoms with E-state index < -0.39 is 0 Å². The number of rotatable bonds is 3. The van der Waals surface area contributed by atoms with E-state index in [1.807, 2.05) is 0 Å². The Kier molecular flexibility index (Phi) is 4.83. The van der Waals surface area contributed by atoms with E-state index in [0.717, 1.165) is 25.6 Å². The lowest BCUT2D eigenvalue weighted by molar-refractivity contribution is -0.119.